The molecule has 1 saturated carbocycles. The van der Waals surface area contributed by atoms with E-state index in [2.05, 4.69) is 4.72 Å². The van der Waals surface area contributed by atoms with E-state index in [0.29, 0.717) is 6.54 Å². The Labute approximate surface area is 123 Å². The molecule has 0 saturated heterocycles. The molecule has 0 radical (unpaired) electrons. The number of sulfonamides is 1. The molecular weight excluding hydrogens is 303 g/mol. The third kappa shape index (κ3) is 3.49. The second-order valence-corrected chi connectivity index (χ2v) is 7.17. The van der Waals surface area contributed by atoms with Crippen LogP contribution in [0, 0.1) is 11.7 Å². The first-order chi connectivity index (χ1) is 9.44. The maximum absolute atomic E-state index is 13.0. The zero-order valence-corrected chi connectivity index (χ0v) is 12.6. The summed E-state index contributed by atoms with van der Waals surface area (Å²) in [4.78, 5) is -0.0955. The van der Waals surface area contributed by atoms with Crippen molar-refractivity contribution < 1.29 is 12.8 Å². The summed E-state index contributed by atoms with van der Waals surface area (Å²) in [5.41, 5.74) is 5.69. The lowest BCUT2D eigenvalue weighted by Crippen LogP contribution is -2.44. The second kappa shape index (κ2) is 6.39. The minimum atomic E-state index is -3.75. The molecule has 112 valence electrons. The van der Waals surface area contributed by atoms with Crippen LogP contribution in [0.4, 0.5) is 4.39 Å². The van der Waals surface area contributed by atoms with E-state index in [-0.39, 0.29) is 21.9 Å². The molecule has 2 atom stereocenters. The van der Waals surface area contributed by atoms with Crippen LogP contribution in [0.25, 0.3) is 0 Å². The van der Waals surface area contributed by atoms with Gasteiger partial charge < -0.3 is 5.73 Å². The third-order valence-electron chi connectivity index (χ3n) is 3.70. The van der Waals surface area contributed by atoms with Crippen molar-refractivity contribution in [2.75, 3.05) is 6.54 Å². The average molecular weight is 321 g/mol. The number of hydrogen-bond acceptors (Lipinski definition) is 3. The van der Waals surface area contributed by atoms with Crippen LogP contribution in [-0.4, -0.2) is 21.0 Å². The van der Waals surface area contributed by atoms with Crippen LogP contribution >= 0.6 is 11.6 Å². The minimum Gasteiger partial charge on any atom is -0.330 e. The number of nitrogens with two attached hydrogens (primary N) is 1. The molecule has 1 aromatic carbocycles. The molecule has 3 N–H and O–H groups in total. The van der Waals surface area contributed by atoms with Gasteiger partial charge in [-0.05, 0) is 43.5 Å². The fraction of sp³-hybridized carbons (Fsp3) is 0.538. The third-order valence-corrected chi connectivity index (χ3v) is 5.67. The van der Waals surface area contributed by atoms with Gasteiger partial charge in [0.25, 0.3) is 0 Å². The van der Waals surface area contributed by atoms with Crippen LogP contribution in [-0.2, 0) is 10.0 Å². The van der Waals surface area contributed by atoms with Crippen molar-refractivity contribution in [3.05, 3.63) is 29.0 Å². The summed E-state index contributed by atoms with van der Waals surface area (Å²) < 4.78 is 40.3. The van der Waals surface area contributed by atoms with E-state index in [9.17, 15) is 12.8 Å². The van der Waals surface area contributed by atoms with Crippen LogP contribution in [0.2, 0.25) is 5.02 Å². The molecule has 20 heavy (non-hydrogen) atoms. The molecule has 0 bridgehead atoms. The van der Waals surface area contributed by atoms with Gasteiger partial charge in [0.2, 0.25) is 10.0 Å². The first-order valence-electron chi connectivity index (χ1n) is 6.61. The summed E-state index contributed by atoms with van der Waals surface area (Å²) >= 11 is 5.82. The highest BCUT2D eigenvalue weighted by molar-refractivity contribution is 7.89. The molecule has 2 unspecified atom stereocenters. The van der Waals surface area contributed by atoms with Gasteiger partial charge in [-0.25, -0.2) is 17.5 Å². The van der Waals surface area contributed by atoms with E-state index in [1.807, 2.05) is 0 Å². The van der Waals surface area contributed by atoms with Crippen LogP contribution < -0.4 is 10.5 Å². The molecule has 0 aliphatic heterocycles. The van der Waals surface area contributed by atoms with Gasteiger partial charge in [-0.2, -0.15) is 0 Å². The highest BCUT2D eigenvalue weighted by Crippen LogP contribution is 2.27. The SMILES string of the molecule is NCC1CCCCC1NS(=O)(=O)c1ccc(F)cc1Cl. The molecule has 1 aromatic rings. The first-order valence-corrected chi connectivity index (χ1v) is 8.47. The fourth-order valence-corrected chi connectivity index (χ4v) is 4.47. The number of hydrogen-bond donors (Lipinski definition) is 2. The largest absolute Gasteiger partial charge is 0.330 e. The Kier molecular flexibility index (Phi) is 5.01. The molecule has 1 fully saturated rings. The topological polar surface area (TPSA) is 72.2 Å². The molecule has 1 aliphatic rings. The van der Waals surface area contributed by atoms with Crippen LogP contribution in [0.15, 0.2) is 23.1 Å². The maximum atomic E-state index is 13.0. The fourth-order valence-electron chi connectivity index (χ4n) is 2.60. The van der Waals surface area contributed by atoms with E-state index in [1.54, 1.807) is 0 Å². The monoisotopic (exact) mass is 320 g/mol. The maximum Gasteiger partial charge on any atom is 0.242 e. The molecule has 1 aliphatic carbocycles. The molecule has 0 heterocycles. The lowest BCUT2D eigenvalue weighted by Gasteiger charge is -2.31. The number of halogens is 2. The summed E-state index contributed by atoms with van der Waals surface area (Å²) in [6.07, 6.45) is 3.72. The van der Waals surface area contributed by atoms with Crippen molar-refractivity contribution in [1.29, 1.82) is 0 Å². The van der Waals surface area contributed by atoms with Crippen molar-refractivity contribution in [2.45, 2.75) is 36.6 Å². The highest BCUT2D eigenvalue weighted by Gasteiger charge is 2.29. The van der Waals surface area contributed by atoms with Crippen molar-refractivity contribution >= 4 is 21.6 Å². The number of rotatable bonds is 4. The number of benzene rings is 1. The van der Waals surface area contributed by atoms with Gasteiger partial charge in [0, 0.05) is 6.04 Å². The van der Waals surface area contributed by atoms with Crippen molar-refractivity contribution in [3.8, 4) is 0 Å². The van der Waals surface area contributed by atoms with Crippen molar-refractivity contribution in [2.24, 2.45) is 11.7 Å². The molecular formula is C13H18ClFN2O2S. The summed E-state index contributed by atoms with van der Waals surface area (Å²) in [5, 5.41) is -0.113. The predicted octanol–water partition coefficient (Wildman–Crippen LogP) is 2.27. The molecule has 2 rings (SSSR count). The summed E-state index contributed by atoms with van der Waals surface area (Å²) in [7, 11) is -3.75. The van der Waals surface area contributed by atoms with Crippen LogP contribution in [0.1, 0.15) is 25.7 Å². The Hall–Kier alpha value is -0.690. The van der Waals surface area contributed by atoms with Crippen LogP contribution in [0.3, 0.4) is 0 Å². The Morgan fingerprint density at radius 2 is 2.05 bits per heavy atom. The lowest BCUT2D eigenvalue weighted by molar-refractivity contribution is 0.296. The molecule has 0 aromatic heterocycles. The lowest BCUT2D eigenvalue weighted by atomic mass is 9.85. The minimum absolute atomic E-state index is 0.0955. The Bertz CT molecular complexity index is 580. The molecule has 4 nitrogen and oxygen atoms in total. The van der Waals surface area contributed by atoms with Gasteiger partial charge in [-0.1, -0.05) is 24.4 Å². The van der Waals surface area contributed by atoms with Gasteiger partial charge in [0.05, 0.1) is 5.02 Å². The van der Waals surface area contributed by atoms with E-state index in [0.717, 1.165) is 37.8 Å². The Morgan fingerprint density at radius 1 is 1.35 bits per heavy atom. The molecule has 0 spiro atoms. The van der Waals surface area contributed by atoms with Gasteiger partial charge in [-0.3, -0.25) is 0 Å². The van der Waals surface area contributed by atoms with Gasteiger partial charge in [0.15, 0.2) is 0 Å². The normalized spacial score (nSPS) is 23.8. The summed E-state index contributed by atoms with van der Waals surface area (Å²) in [6.45, 7) is 0.449. The average Bonchev–Trinajstić information content (AvgIpc) is 2.38. The quantitative estimate of drug-likeness (QED) is 0.894. The predicted molar refractivity (Wildman–Crippen MR) is 76.5 cm³/mol. The standard InChI is InChI=1S/C13H18ClFN2O2S/c14-11-7-10(15)5-6-13(11)20(18,19)17-12-4-2-1-3-9(12)8-16/h5-7,9,12,17H,1-4,8,16H2. The Balaban J connectivity index is 2.22. The Morgan fingerprint density at radius 3 is 2.70 bits per heavy atom. The molecule has 7 heteroatoms. The van der Waals surface area contributed by atoms with Crippen LogP contribution in [0.5, 0.6) is 0 Å². The zero-order chi connectivity index (χ0) is 14.8. The highest BCUT2D eigenvalue weighted by atomic mass is 35.5. The van der Waals surface area contributed by atoms with E-state index in [4.69, 9.17) is 17.3 Å². The van der Waals surface area contributed by atoms with Gasteiger partial charge in [0.1, 0.15) is 10.7 Å². The zero-order valence-electron chi connectivity index (χ0n) is 11.0. The number of nitrogens with one attached hydrogen (secondary N) is 1. The van der Waals surface area contributed by atoms with E-state index in [1.165, 1.54) is 6.07 Å². The van der Waals surface area contributed by atoms with Gasteiger partial charge >= 0.3 is 0 Å². The molecule has 0 amide bonds. The first kappa shape index (κ1) is 15.7. The second-order valence-electron chi connectivity index (χ2n) is 5.08. The van der Waals surface area contributed by atoms with E-state index >= 15 is 0 Å². The van der Waals surface area contributed by atoms with E-state index < -0.39 is 15.8 Å². The van der Waals surface area contributed by atoms with Gasteiger partial charge in [-0.15, -0.1) is 0 Å². The van der Waals surface area contributed by atoms with Crippen molar-refractivity contribution in [1.82, 2.24) is 4.72 Å². The summed E-state index contributed by atoms with van der Waals surface area (Å²) in [6, 6.07) is 3.08. The smallest absolute Gasteiger partial charge is 0.242 e. The van der Waals surface area contributed by atoms with Crippen molar-refractivity contribution in [3.63, 3.8) is 0 Å². The summed E-state index contributed by atoms with van der Waals surface area (Å²) in [5.74, 6) is -0.427.